The average molecular weight is 281 g/mol. The minimum Gasteiger partial charge on any atom is -0.383 e. The Balaban J connectivity index is 1.87. The summed E-state index contributed by atoms with van der Waals surface area (Å²) in [5, 5.41) is 10.2. The first kappa shape index (κ1) is 15.4. The van der Waals surface area contributed by atoms with Crippen LogP contribution in [0.1, 0.15) is 37.4 Å². The van der Waals surface area contributed by atoms with Gasteiger partial charge < -0.3 is 19.3 Å². The summed E-state index contributed by atoms with van der Waals surface area (Å²) >= 11 is 0. The van der Waals surface area contributed by atoms with E-state index in [1.54, 1.807) is 20.2 Å². The van der Waals surface area contributed by atoms with Crippen molar-refractivity contribution in [2.75, 3.05) is 20.3 Å². The van der Waals surface area contributed by atoms with Crippen LogP contribution in [0, 0.1) is 0 Å². The molecule has 2 rings (SSSR count). The smallest absolute Gasteiger partial charge is 0.158 e. The van der Waals surface area contributed by atoms with E-state index in [0.29, 0.717) is 6.61 Å². The predicted octanol–water partition coefficient (Wildman–Crippen LogP) is 1.98. The van der Waals surface area contributed by atoms with Crippen LogP contribution in [0.5, 0.6) is 0 Å². The summed E-state index contributed by atoms with van der Waals surface area (Å²) in [7, 11) is 1.56. The SMILES string of the molecule is COC[C@@](C)(O)c1ccc(COC2CCCCO2)nc1. The number of pyridine rings is 1. The van der Waals surface area contributed by atoms with E-state index < -0.39 is 5.60 Å². The van der Waals surface area contributed by atoms with Crippen LogP contribution < -0.4 is 0 Å². The van der Waals surface area contributed by atoms with Crippen molar-refractivity contribution in [2.45, 2.75) is 44.7 Å². The molecule has 0 amide bonds. The molecule has 1 fully saturated rings. The molecule has 0 aromatic carbocycles. The molecule has 1 saturated heterocycles. The first-order chi connectivity index (χ1) is 9.62. The number of aromatic nitrogens is 1. The monoisotopic (exact) mass is 281 g/mol. The van der Waals surface area contributed by atoms with Gasteiger partial charge in [0.25, 0.3) is 0 Å². The Labute approximate surface area is 119 Å². The Bertz CT molecular complexity index is 399. The van der Waals surface area contributed by atoms with Gasteiger partial charge in [0.05, 0.1) is 18.9 Å². The fourth-order valence-corrected chi connectivity index (χ4v) is 2.21. The zero-order valence-electron chi connectivity index (χ0n) is 12.2. The second-order valence-electron chi connectivity index (χ2n) is 5.35. The number of hydrogen-bond donors (Lipinski definition) is 1. The molecule has 1 aliphatic rings. The van der Waals surface area contributed by atoms with Crippen LogP contribution in [0.4, 0.5) is 0 Å². The predicted molar refractivity (Wildman–Crippen MR) is 74.1 cm³/mol. The second kappa shape index (κ2) is 7.13. The molecule has 0 saturated carbocycles. The molecule has 2 heterocycles. The third kappa shape index (κ3) is 4.24. The number of aliphatic hydroxyl groups is 1. The minimum atomic E-state index is -1.02. The van der Waals surface area contributed by atoms with Gasteiger partial charge in [0.15, 0.2) is 6.29 Å². The molecule has 1 unspecified atom stereocenters. The molecule has 0 bridgehead atoms. The van der Waals surface area contributed by atoms with E-state index in [1.165, 1.54) is 0 Å². The van der Waals surface area contributed by atoms with Gasteiger partial charge in [-0.1, -0.05) is 6.07 Å². The fourth-order valence-electron chi connectivity index (χ4n) is 2.21. The Morgan fingerprint density at radius 1 is 1.45 bits per heavy atom. The van der Waals surface area contributed by atoms with Gasteiger partial charge in [-0.15, -0.1) is 0 Å². The van der Waals surface area contributed by atoms with Crippen molar-refractivity contribution in [1.82, 2.24) is 4.98 Å². The summed E-state index contributed by atoms with van der Waals surface area (Å²) in [6.45, 7) is 3.15. The Kier molecular flexibility index (Phi) is 5.48. The van der Waals surface area contributed by atoms with E-state index in [-0.39, 0.29) is 12.9 Å². The summed E-state index contributed by atoms with van der Waals surface area (Å²) in [5.41, 5.74) is 0.543. The largest absolute Gasteiger partial charge is 0.383 e. The maximum Gasteiger partial charge on any atom is 0.158 e. The quantitative estimate of drug-likeness (QED) is 0.864. The summed E-state index contributed by atoms with van der Waals surface area (Å²) in [5.74, 6) is 0. The molecule has 1 N–H and O–H groups in total. The molecular formula is C15H23NO4. The number of rotatable bonds is 6. The standard InChI is InChI=1S/C15H23NO4/c1-15(17,11-18-2)12-6-7-13(16-9-12)10-20-14-5-3-4-8-19-14/h6-7,9,14,17H,3-5,8,10-11H2,1-2H3/t14?,15-/m1/s1. The van der Waals surface area contributed by atoms with E-state index in [2.05, 4.69) is 4.98 Å². The van der Waals surface area contributed by atoms with Crippen molar-refractivity contribution >= 4 is 0 Å². The molecule has 0 aliphatic carbocycles. The summed E-state index contributed by atoms with van der Waals surface area (Å²) in [6, 6.07) is 3.72. The van der Waals surface area contributed by atoms with Crippen molar-refractivity contribution in [1.29, 1.82) is 0 Å². The number of hydrogen-bond acceptors (Lipinski definition) is 5. The third-order valence-electron chi connectivity index (χ3n) is 3.43. The molecule has 112 valence electrons. The zero-order valence-corrected chi connectivity index (χ0v) is 12.2. The van der Waals surface area contributed by atoms with Gasteiger partial charge in [-0.2, -0.15) is 0 Å². The fraction of sp³-hybridized carbons (Fsp3) is 0.667. The topological polar surface area (TPSA) is 60.8 Å². The van der Waals surface area contributed by atoms with Crippen molar-refractivity contribution in [3.8, 4) is 0 Å². The molecule has 1 aromatic rings. The van der Waals surface area contributed by atoms with E-state index in [4.69, 9.17) is 14.2 Å². The summed E-state index contributed by atoms with van der Waals surface area (Å²) in [4.78, 5) is 4.32. The Morgan fingerprint density at radius 3 is 2.90 bits per heavy atom. The van der Waals surface area contributed by atoms with Gasteiger partial charge in [0, 0.05) is 25.5 Å². The van der Waals surface area contributed by atoms with Crippen LogP contribution in [-0.4, -0.2) is 36.7 Å². The van der Waals surface area contributed by atoms with Crippen molar-refractivity contribution < 1.29 is 19.3 Å². The minimum absolute atomic E-state index is 0.109. The van der Waals surface area contributed by atoms with Gasteiger partial charge in [0.2, 0.25) is 0 Å². The first-order valence-electron chi connectivity index (χ1n) is 7.02. The summed E-state index contributed by atoms with van der Waals surface area (Å²) < 4.78 is 16.2. The van der Waals surface area contributed by atoms with Crippen LogP contribution in [-0.2, 0) is 26.4 Å². The molecule has 0 radical (unpaired) electrons. The Morgan fingerprint density at radius 2 is 2.30 bits per heavy atom. The highest BCUT2D eigenvalue weighted by molar-refractivity contribution is 5.20. The molecule has 2 atom stereocenters. The lowest BCUT2D eigenvalue weighted by molar-refractivity contribution is -0.169. The maximum atomic E-state index is 10.2. The first-order valence-corrected chi connectivity index (χ1v) is 7.02. The van der Waals surface area contributed by atoms with E-state index in [9.17, 15) is 5.11 Å². The average Bonchev–Trinajstić information content (AvgIpc) is 2.47. The van der Waals surface area contributed by atoms with Crippen LogP contribution in [0.15, 0.2) is 18.3 Å². The third-order valence-corrected chi connectivity index (χ3v) is 3.43. The van der Waals surface area contributed by atoms with E-state index >= 15 is 0 Å². The Hall–Kier alpha value is -1.01. The molecule has 0 spiro atoms. The summed E-state index contributed by atoms with van der Waals surface area (Å²) in [6.07, 6.45) is 4.76. The highest BCUT2D eigenvalue weighted by Crippen LogP contribution is 2.20. The molecule has 5 nitrogen and oxygen atoms in total. The van der Waals surface area contributed by atoms with Crippen LogP contribution >= 0.6 is 0 Å². The van der Waals surface area contributed by atoms with Gasteiger partial charge in [-0.05, 0) is 32.3 Å². The van der Waals surface area contributed by atoms with Crippen molar-refractivity contribution in [3.05, 3.63) is 29.6 Å². The number of nitrogens with zero attached hydrogens (tertiary/aromatic N) is 1. The zero-order chi connectivity index (χ0) is 14.4. The lowest BCUT2D eigenvalue weighted by Crippen LogP contribution is -2.27. The lowest BCUT2D eigenvalue weighted by atomic mass is 9.99. The van der Waals surface area contributed by atoms with Gasteiger partial charge in [0.1, 0.15) is 5.60 Å². The van der Waals surface area contributed by atoms with Crippen molar-refractivity contribution in [2.24, 2.45) is 0 Å². The highest BCUT2D eigenvalue weighted by Gasteiger charge is 2.23. The normalized spacial score (nSPS) is 22.4. The maximum absolute atomic E-state index is 10.2. The number of ether oxygens (including phenoxy) is 3. The number of methoxy groups -OCH3 is 1. The van der Waals surface area contributed by atoms with E-state index in [0.717, 1.165) is 37.1 Å². The molecule has 1 aromatic heterocycles. The molecule has 1 aliphatic heterocycles. The second-order valence-corrected chi connectivity index (χ2v) is 5.35. The van der Waals surface area contributed by atoms with Crippen LogP contribution in [0.2, 0.25) is 0 Å². The highest BCUT2D eigenvalue weighted by atomic mass is 16.7. The van der Waals surface area contributed by atoms with Gasteiger partial charge in [-0.25, -0.2) is 0 Å². The van der Waals surface area contributed by atoms with Crippen LogP contribution in [0.25, 0.3) is 0 Å². The van der Waals surface area contributed by atoms with E-state index in [1.807, 2.05) is 12.1 Å². The lowest BCUT2D eigenvalue weighted by Gasteiger charge is -2.23. The molecular weight excluding hydrogens is 258 g/mol. The molecule has 5 heteroatoms. The van der Waals surface area contributed by atoms with Crippen LogP contribution in [0.3, 0.4) is 0 Å². The van der Waals surface area contributed by atoms with Gasteiger partial charge >= 0.3 is 0 Å². The van der Waals surface area contributed by atoms with Gasteiger partial charge in [-0.3, -0.25) is 4.98 Å². The molecule has 20 heavy (non-hydrogen) atoms. The van der Waals surface area contributed by atoms with Crippen molar-refractivity contribution in [3.63, 3.8) is 0 Å².